The summed E-state index contributed by atoms with van der Waals surface area (Å²) in [6.07, 6.45) is 0.425. The van der Waals surface area contributed by atoms with Crippen LogP contribution in [0.25, 0.3) is 0 Å². The van der Waals surface area contributed by atoms with Crippen LogP contribution in [0.15, 0.2) is 12.1 Å². The Hall–Kier alpha value is -1.18. The van der Waals surface area contributed by atoms with E-state index in [-0.39, 0.29) is 5.82 Å². The number of halogens is 1. The fraction of sp³-hybridized carbons (Fsp3) is 0.571. The summed E-state index contributed by atoms with van der Waals surface area (Å²) >= 11 is 0. The van der Waals surface area contributed by atoms with Crippen LogP contribution in [0.3, 0.4) is 0 Å². The molecular weight excluding hydrogens is 295 g/mol. The number of sulfonamides is 1. The first-order valence-corrected chi connectivity index (χ1v) is 8.73. The minimum atomic E-state index is -3.18. The van der Waals surface area contributed by atoms with E-state index < -0.39 is 16.1 Å². The van der Waals surface area contributed by atoms with E-state index >= 15 is 0 Å². The lowest BCUT2D eigenvalue weighted by molar-refractivity contribution is 0.199. The number of aliphatic hydroxyl groups is 1. The van der Waals surface area contributed by atoms with E-state index in [1.54, 1.807) is 19.9 Å². The highest BCUT2D eigenvalue weighted by Gasteiger charge is 2.25. The Morgan fingerprint density at radius 1 is 1.24 bits per heavy atom. The van der Waals surface area contributed by atoms with Crippen molar-refractivity contribution in [3.63, 3.8) is 0 Å². The highest BCUT2D eigenvalue weighted by Crippen LogP contribution is 2.30. The van der Waals surface area contributed by atoms with Gasteiger partial charge in [0.1, 0.15) is 5.82 Å². The largest absolute Gasteiger partial charge is 0.389 e. The Kier molecular flexibility index (Phi) is 4.55. The Bertz CT molecular complexity index is 623. The highest BCUT2D eigenvalue weighted by molar-refractivity contribution is 7.88. The predicted molar refractivity (Wildman–Crippen MR) is 80.4 cm³/mol. The maximum atomic E-state index is 13.7. The van der Waals surface area contributed by atoms with Gasteiger partial charge in [-0.25, -0.2) is 12.8 Å². The van der Waals surface area contributed by atoms with Gasteiger partial charge >= 0.3 is 0 Å². The number of benzene rings is 1. The van der Waals surface area contributed by atoms with Gasteiger partial charge in [0.05, 0.1) is 12.4 Å². The molecule has 1 atom stereocenters. The summed E-state index contributed by atoms with van der Waals surface area (Å²) in [6, 6.07) is 3.08. The third-order valence-corrected chi connectivity index (χ3v) is 5.11. The van der Waals surface area contributed by atoms with Gasteiger partial charge in [-0.05, 0) is 31.5 Å². The first-order chi connectivity index (χ1) is 9.70. The lowest BCUT2D eigenvalue weighted by atomic mass is 10.0. The Morgan fingerprint density at radius 2 is 1.81 bits per heavy atom. The third-order valence-electron chi connectivity index (χ3n) is 3.81. The molecule has 0 bridgehead atoms. The van der Waals surface area contributed by atoms with Crippen molar-refractivity contribution in [1.29, 1.82) is 0 Å². The zero-order chi connectivity index (χ0) is 15.8. The Morgan fingerprint density at radius 3 is 2.29 bits per heavy atom. The van der Waals surface area contributed by atoms with E-state index in [9.17, 15) is 17.9 Å². The lowest BCUT2D eigenvalue weighted by Gasteiger charge is -2.36. The van der Waals surface area contributed by atoms with Crippen LogP contribution in [0.2, 0.25) is 0 Å². The summed E-state index contributed by atoms with van der Waals surface area (Å²) in [5.74, 6) is -0.343. The zero-order valence-electron chi connectivity index (χ0n) is 12.5. The van der Waals surface area contributed by atoms with Crippen LogP contribution in [-0.2, 0) is 10.0 Å². The number of aryl methyl sites for hydroxylation is 1. The van der Waals surface area contributed by atoms with Gasteiger partial charge in [-0.2, -0.15) is 4.31 Å². The van der Waals surface area contributed by atoms with Gasteiger partial charge in [-0.1, -0.05) is 0 Å². The van der Waals surface area contributed by atoms with Gasteiger partial charge in [0.25, 0.3) is 0 Å². The van der Waals surface area contributed by atoms with Crippen LogP contribution < -0.4 is 4.90 Å². The molecule has 1 N–H and O–H groups in total. The molecule has 7 heteroatoms. The van der Waals surface area contributed by atoms with E-state index in [1.165, 1.54) is 16.6 Å². The maximum Gasteiger partial charge on any atom is 0.211 e. The molecule has 0 aliphatic carbocycles. The summed E-state index contributed by atoms with van der Waals surface area (Å²) in [7, 11) is -3.18. The molecular formula is C14H21FN2O3S. The van der Waals surface area contributed by atoms with Crippen molar-refractivity contribution in [2.75, 3.05) is 37.3 Å². The van der Waals surface area contributed by atoms with Crippen molar-refractivity contribution in [2.45, 2.75) is 20.0 Å². The minimum Gasteiger partial charge on any atom is -0.389 e. The number of anilines is 1. The molecule has 21 heavy (non-hydrogen) atoms. The van der Waals surface area contributed by atoms with Gasteiger partial charge < -0.3 is 10.0 Å². The molecule has 5 nitrogen and oxygen atoms in total. The number of nitrogens with zero attached hydrogens (tertiary/aromatic N) is 2. The van der Waals surface area contributed by atoms with Crippen molar-refractivity contribution in [2.24, 2.45) is 0 Å². The molecule has 1 unspecified atom stereocenters. The standard InChI is InChI=1S/C14H21FN2O3S/c1-10-8-14(12(11(2)18)9-13(10)15)16-4-6-17(7-5-16)21(3,19)20/h8-9,11,18H,4-7H2,1-3H3. The molecule has 1 aliphatic heterocycles. The molecule has 1 aromatic carbocycles. The molecule has 1 heterocycles. The van der Waals surface area contributed by atoms with Gasteiger partial charge in [0.2, 0.25) is 10.0 Å². The second-order valence-electron chi connectivity index (χ2n) is 5.49. The van der Waals surface area contributed by atoms with E-state index in [2.05, 4.69) is 0 Å². The Balaban J connectivity index is 2.26. The molecule has 1 saturated heterocycles. The molecule has 1 fully saturated rings. The van der Waals surface area contributed by atoms with Gasteiger partial charge in [0, 0.05) is 37.4 Å². The van der Waals surface area contributed by atoms with Crippen LogP contribution in [-0.4, -0.2) is 50.3 Å². The van der Waals surface area contributed by atoms with E-state index in [0.29, 0.717) is 37.3 Å². The summed E-state index contributed by atoms with van der Waals surface area (Å²) in [4.78, 5) is 2.00. The fourth-order valence-electron chi connectivity index (χ4n) is 2.55. The molecule has 0 amide bonds. The van der Waals surface area contributed by atoms with Crippen LogP contribution in [0, 0.1) is 12.7 Å². The summed E-state index contributed by atoms with van der Waals surface area (Å²) in [5, 5.41) is 9.83. The van der Waals surface area contributed by atoms with Gasteiger partial charge in [-0.3, -0.25) is 0 Å². The number of hydrogen-bond donors (Lipinski definition) is 1. The van der Waals surface area contributed by atoms with Crippen LogP contribution in [0.4, 0.5) is 10.1 Å². The number of hydrogen-bond acceptors (Lipinski definition) is 4. The second-order valence-corrected chi connectivity index (χ2v) is 7.47. The van der Waals surface area contributed by atoms with E-state index in [4.69, 9.17) is 0 Å². The molecule has 118 valence electrons. The minimum absolute atomic E-state index is 0.343. The molecule has 0 aromatic heterocycles. The van der Waals surface area contributed by atoms with Gasteiger partial charge in [0.15, 0.2) is 0 Å². The predicted octanol–water partition coefficient (Wildman–Crippen LogP) is 1.27. The van der Waals surface area contributed by atoms with Gasteiger partial charge in [-0.15, -0.1) is 0 Å². The molecule has 0 radical (unpaired) electrons. The molecule has 0 saturated carbocycles. The monoisotopic (exact) mass is 316 g/mol. The fourth-order valence-corrected chi connectivity index (χ4v) is 3.38. The molecule has 1 aromatic rings. The molecule has 2 rings (SSSR count). The number of piperazine rings is 1. The first kappa shape index (κ1) is 16.2. The average molecular weight is 316 g/mol. The Labute approximate surface area is 125 Å². The van der Waals surface area contributed by atoms with Crippen LogP contribution in [0.1, 0.15) is 24.2 Å². The van der Waals surface area contributed by atoms with Crippen molar-refractivity contribution < 1.29 is 17.9 Å². The average Bonchev–Trinajstić information content (AvgIpc) is 2.40. The van der Waals surface area contributed by atoms with Crippen LogP contribution in [0.5, 0.6) is 0 Å². The molecule has 1 aliphatic rings. The summed E-state index contributed by atoms with van der Waals surface area (Å²) in [6.45, 7) is 5.12. The summed E-state index contributed by atoms with van der Waals surface area (Å²) in [5.41, 5.74) is 1.82. The molecule has 0 spiro atoms. The second kappa shape index (κ2) is 5.90. The SMILES string of the molecule is Cc1cc(N2CCN(S(C)(=O)=O)CC2)c(C(C)O)cc1F. The van der Waals surface area contributed by atoms with Crippen molar-refractivity contribution >= 4 is 15.7 Å². The first-order valence-electron chi connectivity index (χ1n) is 6.88. The quantitative estimate of drug-likeness (QED) is 0.912. The van der Waals surface area contributed by atoms with E-state index in [1.807, 2.05) is 4.90 Å². The normalized spacial score (nSPS) is 18.8. The topological polar surface area (TPSA) is 60.9 Å². The van der Waals surface area contributed by atoms with Crippen molar-refractivity contribution in [1.82, 2.24) is 4.31 Å². The van der Waals surface area contributed by atoms with Crippen molar-refractivity contribution in [3.8, 4) is 0 Å². The highest BCUT2D eigenvalue weighted by atomic mass is 32.2. The number of aliphatic hydroxyl groups excluding tert-OH is 1. The maximum absolute atomic E-state index is 13.7. The van der Waals surface area contributed by atoms with Crippen molar-refractivity contribution in [3.05, 3.63) is 29.1 Å². The summed E-state index contributed by atoms with van der Waals surface area (Å²) < 4.78 is 38.2. The number of rotatable bonds is 3. The zero-order valence-corrected chi connectivity index (χ0v) is 13.3. The third kappa shape index (κ3) is 3.53. The lowest BCUT2D eigenvalue weighted by Crippen LogP contribution is -2.48. The van der Waals surface area contributed by atoms with Crippen LogP contribution >= 0.6 is 0 Å². The smallest absolute Gasteiger partial charge is 0.211 e. The van der Waals surface area contributed by atoms with E-state index in [0.717, 1.165) is 5.69 Å².